The summed E-state index contributed by atoms with van der Waals surface area (Å²) in [5.74, 6) is -0.581. The molecule has 176 valence electrons. The van der Waals surface area contributed by atoms with Crippen molar-refractivity contribution < 1.29 is 24.2 Å². The standard InChI is InChI=1S/C28H24N2O5/c1-30(21-12-18-4-2-3-5-19(18)13-21)27(31)17-6-8-22(9-7-17)35-25-15-26-24(14-20(25)16-29)23(28(32)33)10-11-34-26/h2-9,14-15,21,23H,10-13H2,1H3,(H,32,33). The number of hydrogen-bond donors (Lipinski definition) is 1. The van der Waals surface area contributed by atoms with E-state index in [-0.39, 0.29) is 29.9 Å². The molecular weight excluding hydrogens is 444 g/mol. The maximum Gasteiger partial charge on any atom is 0.311 e. The second kappa shape index (κ2) is 9.15. The van der Waals surface area contributed by atoms with Crippen molar-refractivity contribution in [3.8, 4) is 23.3 Å². The Hall–Kier alpha value is -4.31. The first-order valence-electron chi connectivity index (χ1n) is 11.5. The lowest BCUT2D eigenvalue weighted by Crippen LogP contribution is -2.37. The number of carboxylic acid groups (broad SMARTS) is 1. The summed E-state index contributed by atoms with van der Waals surface area (Å²) in [5, 5.41) is 19.1. The number of nitriles is 1. The summed E-state index contributed by atoms with van der Waals surface area (Å²) in [4.78, 5) is 26.4. The minimum absolute atomic E-state index is 0.0611. The van der Waals surface area contributed by atoms with Crippen LogP contribution >= 0.6 is 0 Å². The summed E-state index contributed by atoms with van der Waals surface area (Å²) in [6.07, 6.45) is 2.05. The normalized spacial score (nSPS) is 16.4. The van der Waals surface area contributed by atoms with Crippen LogP contribution in [0.4, 0.5) is 0 Å². The molecule has 0 saturated carbocycles. The van der Waals surface area contributed by atoms with E-state index in [1.165, 1.54) is 17.2 Å². The molecule has 3 aromatic rings. The summed E-state index contributed by atoms with van der Waals surface area (Å²) in [5.41, 5.74) is 3.83. The van der Waals surface area contributed by atoms with Gasteiger partial charge < -0.3 is 19.5 Å². The fourth-order valence-corrected chi connectivity index (χ4v) is 4.82. The number of ether oxygens (including phenoxy) is 2. The molecule has 1 atom stereocenters. The van der Waals surface area contributed by atoms with Gasteiger partial charge in [0, 0.05) is 30.3 Å². The van der Waals surface area contributed by atoms with Crippen molar-refractivity contribution in [3.63, 3.8) is 0 Å². The molecule has 0 saturated heterocycles. The van der Waals surface area contributed by atoms with E-state index in [0.717, 1.165) is 12.8 Å². The van der Waals surface area contributed by atoms with Crippen LogP contribution < -0.4 is 9.47 Å². The molecule has 0 bridgehead atoms. The average Bonchev–Trinajstić information content (AvgIpc) is 3.32. The van der Waals surface area contributed by atoms with Gasteiger partial charge in [0.2, 0.25) is 0 Å². The van der Waals surface area contributed by atoms with Crippen LogP contribution in [0, 0.1) is 11.3 Å². The van der Waals surface area contributed by atoms with Crippen LogP contribution in [0.15, 0.2) is 60.7 Å². The van der Waals surface area contributed by atoms with Crippen molar-refractivity contribution in [2.45, 2.75) is 31.2 Å². The molecule has 3 aromatic carbocycles. The third kappa shape index (κ3) is 4.31. The SMILES string of the molecule is CN(C(=O)c1ccc(Oc2cc3c(cc2C#N)C(C(=O)O)CCO3)cc1)C1Cc2ccccc2C1. The molecule has 1 aliphatic heterocycles. The van der Waals surface area contributed by atoms with Crippen molar-refractivity contribution in [2.24, 2.45) is 0 Å². The van der Waals surface area contributed by atoms with Crippen LogP contribution in [-0.4, -0.2) is 41.6 Å². The van der Waals surface area contributed by atoms with Gasteiger partial charge in [-0.1, -0.05) is 24.3 Å². The minimum Gasteiger partial charge on any atom is -0.493 e. The first-order chi connectivity index (χ1) is 16.9. The number of carbonyl (C=O) groups is 2. The van der Waals surface area contributed by atoms with E-state index in [2.05, 4.69) is 18.2 Å². The van der Waals surface area contributed by atoms with E-state index >= 15 is 0 Å². The van der Waals surface area contributed by atoms with Crippen molar-refractivity contribution in [1.29, 1.82) is 5.26 Å². The summed E-state index contributed by atoms with van der Waals surface area (Å²) in [7, 11) is 1.83. The molecule has 0 spiro atoms. The lowest BCUT2D eigenvalue weighted by Gasteiger charge is -2.25. The molecule has 35 heavy (non-hydrogen) atoms. The molecule has 7 nitrogen and oxygen atoms in total. The number of amides is 1. The zero-order valence-electron chi connectivity index (χ0n) is 19.2. The zero-order chi connectivity index (χ0) is 24.5. The highest BCUT2D eigenvalue weighted by Gasteiger charge is 2.30. The Labute approximate surface area is 203 Å². The number of nitrogens with zero attached hydrogens (tertiary/aromatic N) is 2. The molecule has 1 N–H and O–H groups in total. The van der Waals surface area contributed by atoms with Gasteiger partial charge in [-0.05, 0) is 60.7 Å². The van der Waals surface area contributed by atoms with Gasteiger partial charge in [-0.15, -0.1) is 0 Å². The Kier molecular flexibility index (Phi) is 5.87. The Morgan fingerprint density at radius 2 is 1.77 bits per heavy atom. The third-order valence-corrected chi connectivity index (χ3v) is 6.80. The number of hydrogen-bond acceptors (Lipinski definition) is 5. The summed E-state index contributed by atoms with van der Waals surface area (Å²) < 4.78 is 11.6. The van der Waals surface area contributed by atoms with E-state index in [4.69, 9.17) is 9.47 Å². The van der Waals surface area contributed by atoms with Crippen LogP contribution in [-0.2, 0) is 17.6 Å². The van der Waals surface area contributed by atoms with Crippen LogP contribution in [0.2, 0.25) is 0 Å². The van der Waals surface area contributed by atoms with Crippen molar-refractivity contribution in [2.75, 3.05) is 13.7 Å². The molecule has 0 radical (unpaired) electrons. The maximum atomic E-state index is 13.1. The quantitative estimate of drug-likeness (QED) is 0.590. The van der Waals surface area contributed by atoms with E-state index in [1.54, 1.807) is 35.2 Å². The van der Waals surface area contributed by atoms with E-state index in [0.29, 0.717) is 29.0 Å². The molecule has 1 unspecified atom stereocenters. The predicted molar refractivity (Wildman–Crippen MR) is 128 cm³/mol. The number of rotatable bonds is 5. The van der Waals surface area contributed by atoms with Gasteiger partial charge in [0.1, 0.15) is 23.3 Å². The molecule has 1 aliphatic carbocycles. The van der Waals surface area contributed by atoms with Crippen LogP contribution in [0.25, 0.3) is 0 Å². The number of carbonyl (C=O) groups excluding carboxylic acids is 1. The van der Waals surface area contributed by atoms with E-state index in [9.17, 15) is 20.0 Å². The minimum atomic E-state index is -0.946. The summed E-state index contributed by atoms with van der Waals surface area (Å²) in [6, 6.07) is 20.4. The highest BCUT2D eigenvalue weighted by atomic mass is 16.5. The lowest BCUT2D eigenvalue weighted by molar-refractivity contribution is -0.139. The van der Waals surface area contributed by atoms with Gasteiger partial charge in [0.15, 0.2) is 0 Å². The van der Waals surface area contributed by atoms with Crippen molar-refractivity contribution in [1.82, 2.24) is 4.90 Å². The first-order valence-corrected chi connectivity index (χ1v) is 11.5. The molecule has 1 heterocycles. The molecule has 0 aromatic heterocycles. The number of likely N-dealkylation sites (N-methyl/N-ethyl adjacent to an activating group) is 1. The smallest absolute Gasteiger partial charge is 0.311 e. The summed E-state index contributed by atoms with van der Waals surface area (Å²) in [6.45, 7) is 0.283. The van der Waals surface area contributed by atoms with Gasteiger partial charge in [-0.3, -0.25) is 9.59 Å². The van der Waals surface area contributed by atoms with Crippen LogP contribution in [0.3, 0.4) is 0 Å². The van der Waals surface area contributed by atoms with Crippen LogP contribution in [0.5, 0.6) is 17.2 Å². The molecule has 7 heteroatoms. The van der Waals surface area contributed by atoms with E-state index in [1.807, 2.05) is 19.2 Å². The second-order valence-corrected chi connectivity index (χ2v) is 8.90. The number of aliphatic carboxylic acids is 1. The van der Waals surface area contributed by atoms with Crippen molar-refractivity contribution >= 4 is 11.9 Å². The second-order valence-electron chi connectivity index (χ2n) is 8.90. The number of carboxylic acids is 1. The zero-order valence-corrected chi connectivity index (χ0v) is 19.2. The highest BCUT2D eigenvalue weighted by Crippen LogP contribution is 2.39. The fraction of sp³-hybridized carbons (Fsp3) is 0.250. The molecule has 1 amide bonds. The van der Waals surface area contributed by atoms with Gasteiger partial charge in [0.05, 0.1) is 18.1 Å². The molecular formula is C28H24N2O5. The maximum absolute atomic E-state index is 13.1. The van der Waals surface area contributed by atoms with Gasteiger partial charge in [0.25, 0.3) is 5.91 Å². The Bertz CT molecular complexity index is 1320. The Morgan fingerprint density at radius 1 is 1.09 bits per heavy atom. The molecule has 0 fully saturated rings. The van der Waals surface area contributed by atoms with Crippen LogP contribution in [0.1, 0.15) is 45.0 Å². The Morgan fingerprint density at radius 3 is 2.40 bits per heavy atom. The van der Waals surface area contributed by atoms with Gasteiger partial charge >= 0.3 is 5.97 Å². The number of fused-ring (bicyclic) bond motifs is 2. The first kappa shape index (κ1) is 22.5. The third-order valence-electron chi connectivity index (χ3n) is 6.80. The van der Waals surface area contributed by atoms with Crippen molar-refractivity contribution in [3.05, 3.63) is 88.5 Å². The fourth-order valence-electron chi connectivity index (χ4n) is 4.82. The largest absolute Gasteiger partial charge is 0.493 e. The summed E-state index contributed by atoms with van der Waals surface area (Å²) >= 11 is 0. The van der Waals surface area contributed by atoms with Gasteiger partial charge in [-0.2, -0.15) is 5.26 Å². The topological polar surface area (TPSA) is 99.9 Å². The monoisotopic (exact) mass is 468 g/mol. The number of benzene rings is 3. The molecule has 5 rings (SSSR count). The highest BCUT2D eigenvalue weighted by molar-refractivity contribution is 5.94. The van der Waals surface area contributed by atoms with E-state index < -0.39 is 11.9 Å². The van der Waals surface area contributed by atoms with Gasteiger partial charge in [-0.25, -0.2) is 0 Å². The average molecular weight is 469 g/mol. The Balaban J connectivity index is 1.31. The predicted octanol–water partition coefficient (Wildman–Crippen LogP) is 4.54. The molecule has 2 aliphatic rings. The lowest BCUT2D eigenvalue weighted by atomic mass is 9.91.